The van der Waals surface area contributed by atoms with Crippen LogP contribution >= 0.6 is 11.6 Å². The predicted molar refractivity (Wildman–Crippen MR) is 368 cm³/mol. The van der Waals surface area contributed by atoms with Gasteiger partial charge in [-0.15, -0.1) is 11.6 Å². The van der Waals surface area contributed by atoms with Crippen LogP contribution in [0.15, 0.2) is 0 Å². The molecule has 3 saturated heterocycles. The Hall–Kier alpha value is -6.28. The molecule has 8 fully saturated rings. The predicted octanol–water partition coefficient (Wildman–Crippen LogP) is 5.85. The maximum absolute atomic E-state index is 15.8. The van der Waals surface area contributed by atoms with Crippen molar-refractivity contribution in [1.29, 1.82) is 0 Å². The van der Waals surface area contributed by atoms with Crippen molar-refractivity contribution in [2.75, 3.05) is 88.6 Å². The molecule has 5 saturated carbocycles. The summed E-state index contributed by atoms with van der Waals surface area (Å²) in [6.07, 6.45) is 8.87. The highest BCUT2D eigenvalue weighted by Crippen LogP contribution is 2.44. The van der Waals surface area contributed by atoms with Crippen LogP contribution in [0.3, 0.4) is 0 Å². The smallest absolute Gasteiger partial charge is 0.343 e. The molecule has 8 rings (SSSR count). The Morgan fingerprint density at radius 3 is 1.76 bits per heavy atom. The lowest BCUT2D eigenvalue weighted by molar-refractivity contribution is -0.182. The van der Waals surface area contributed by atoms with E-state index in [-0.39, 0.29) is 100 Å². The van der Waals surface area contributed by atoms with E-state index < -0.39 is 162 Å². The zero-order chi connectivity index (χ0) is 73.1. The third kappa shape index (κ3) is 19.9. The molecule has 562 valence electrons. The van der Waals surface area contributed by atoms with Crippen LogP contribution in [-0.2, 0) is 57.5 Å². The van der Waals surface area contributed by atoms with Gasteiger partial charge < -0.3 is 60.0 Å². The summed E-state index contributed by atoms with van der Waals surface area (Å²) < 4.78 is 42.0. The van der Waals surface area contributed by atoms with Gasteiger partial charge in [0.15, 0.2) is 0 Å². The first kappa shape index (κ1) is 79.4. The molecule has 0 aromatic rings. The summed E-state index contributed by atoms with van der Waals surface area (Å²) in [6.45, 7) is 3.04. The number of hydrogen-bond acceptors (Lipinski definition) is 12. The topological polar surface area (TPSA) is 270 Å². The largest absolute Gasteiger partial charge is 0.393 e. The molecular weight excluding hydrogens is 1320 g/mol. The third-order valence-electron chi connectivity index (χ3n) is 23.3. The molecule has 28 heteroatoms. The Morgan fingerprint density at radius 2 is 1.15 bits per heavy atom. The van der Waals surface area contributed by atoms with Crippen LogP contribution in [0.4, 0.5) is 13.2 Å². The lowest BCUT2D eigenvalue weighted by Gasteiger charge is -2.43. The minimum Gasteiger partial charge on any atom is -0.343 e. The lowest BCUT2D eigenvalue weighted by Crippen LogP contribution is -2.65. The van der Waals surface area contributed by atoms with Crippen molar-refractivity contribution < 1.29 is 70.7 Å². The molecular formula is C72H114ClF3N12O12. The van der Waals surface area contributed by atoms with E-state index in [4.69, 9.17) is 11.6 Å². The van der Waals surface area contributed by atoms with Gasteiger partial charge in [0.05, 0.1) is 32.0 Å². The highest BCUT2D eigenvalue weighted by Gasteiger charge is 2.52. The van der Waals surface area contributed by atoms with E-state index in [1.807, 2.05) is 13.8 Å². The third-order valence-corrected chi connectivity index (χ3v) is 23.8. The number of carbonyl (C=O) groups is 12. The van der Waals surface area contributed by atoms with Gasteiger partial charge in [-0.25, -0.2) is 0 Å². The summed E-state index contributed by atoms with van der Waals surface area (Å²) in [5.74, 6) is -10.1. The van der Waals surface area contributed by atoms with Gasteiger partial charge in [0.25, 0.3) is 0 Å². The molecule has 10 atom stereocenters. The SMILES string of the molecule is CC(C)C[C@H]1C(=O)N[C@@H](C2CC2)C(=O)N(C)CC(=O)N(C)CC(=O)N(C)[C@@H](CC2CCCCC2)C(=O)N(C)CC(=O)N[C@@H](CCC2CCC(C(F)(F)F)C(Cl)C2)C(=O)N2CCC[C@H]2C(=O)NC2(CCCC2)C(=O)N(C)[C@@H](C2CCCCC2)C(=O)N(C)[C@H](C(=O)N2CCCCC2)CC(=O)N1C. The van der Waals surface area contributed by atoms with E-state index in [1.165, 1.54) is 83.6 Å². The fraction of sp³-hybridized carbons (Fsp3) is 0.833. The van der Waals surface area contributed by atoms with Crippen LogP contribution in [0.25, 0.3) is 0 Å². The average molecular weight is 1430 g/mol. The summed E-state index contributed by atoms with van der Waals surface area (Å²) in [5, 5.41) is 7.67. The van der Waals surface area contributed by atoms with Crippen molar-refractivity contribution in [1.82, 2.24) is 60.0 Å². The molecule has 0 bridgehead atoms. The molecule has 1 spiro atoms. The van der Waals surface area contributed by atoms with Gasteiger partial charge in [-0.3, -0.25) is 57.5 Å². The second kappa shape index (κ2) is 35.3. The number of nitrogens with one attached hydrogen (secondary N) is 3. The second-order valence-corrected chi connectivity index (χ2v) is 31.8. The summed E-state index contributed by atoms with van der Waals surface area (Å²) in [7, 11) is 10.2. The summed E-state index contributed by atoms with van der Waals surface area (Å²) in [6, 6.07) is -8.35. The van der Waals surface area contributed by atoms with E-state index in [2.05, 4.69) is 16.0 Å². The first-order chi connectivity index (χ1) is 47.3. The fourth-order valence-electron chi connectivity index (χ4n) is 17.0. The number of halogens is 4. The van der Waals surface area contributed by atoms with E-state index in [0.29, 0.717) is 70.9 Å². The molecule has 24 nitrogen and oxygen atoms in total. The van der Waals surface area contributed by atoms with Crippen LogP contribution in [0.1, 0.15) is 200 Å². The number of hydrogen-bond donors (Lipinski definition) is 3. The van der Waals surface area contributed by atoms with Gasteiger partial charge in [-0.05, 0) is 145 Å². The molecule has 3 heterocycles. The summed E-state index contributed by atoms with van der Waals surface area (Å²) >= 11 is 6.41. The molecule has 3 unspecified atom stereocenters. The minimum atomic E-state index is -4.50. The van der Waals surface area contributed by atoms with E-state index >= 15 is 28.8 Å². The summed E-state index contributed by atoms with van der Waals surface area (Å²) in [5.41, 5.74) is -1.54. The zero-order valence-electron chi connectivity index (χ0n) is 60.8. The van der Waals surface area contributed by atoms with Gasteiger partial charge >= 0.3 is 6.18 Å². The van der Waals surface area contributed by atoms with Gasteiger partial charge in [-0.2, -0.15) is 13.2 Å². The lowest BCUT2D eigenvalue weighted by atomic mass is 9.78. The molecule has 5 aliphatic carbocycles. The first-order valence-electron chi connectivity index (χ1n) is 37.3. The van der Waals surface area contributed by atoms with E-state index in [9.17, 15) is 41.9 Å². The van der Waals surface area contributed by atoms with Crippen LogP contribution in [0.5, 0.6) is 0 Å². The number of piperidine rings is 1. The van der Waals surface area contributed by atoms with Crippen LogP contribution in [0, 0.1) is 35.5 Å². The monoisotopic (exact) mass is 1430 g/mol. The molecule has 100 heavy (non-hydrogen) atoms. The zero-order valence-corrected chi connectivity index (χ0v) is 61.5. The van der Waals surface area contributed by atoms with Crippen molar-refractivity contribution >= 4 is 82.5 Å². The summed E-state index contributed by atoms with van der Waals surface area (Å²) in [4.78, 5) is 191. The molecule has 8 aliphatic rings. The van der Waals surface area contributed by atoms with Crippen molar-refractivity contribution in [3.05, 3.63) is 0 Å². The molecule has 3 aliphatic heterocycles. The number of carbonyl (C=O) groups excluding carboxylic acids is 12. The highest BCUT2D eigenvalue weighted by atomic mass is 35.5. The number of likely N-dealkylation sites (N-methyl/N-ethyl adjacent to an activating group) is 7. The molecule has 0 radical (unpaired) electrons. The molecule has 12 amide bonds. The standard InChI is InChI=1S/C72H114ClF3N12O12/c1-45(2)38-54-63(93)78-61(48-29-30-48)68(98)82(5)43-59(91)80(3)44-60(92)84(7)55(40-46-22-13-10-14-23-46)66(96)81(4)42-57(89)77-52(32-28-47-27-31-50(51(73)39-47)72(74,75)76)65(95)88-37-21-26-53(88)64(94)79-71(33-17-18-34-71)70(100)86(9)62(49-24-15-11-16-25-49)69(99)85(8)56(41-58(90)83(54)6)67(97)87-35-19-12-20-36-87/h45-56,61-62H,10-44H2,1-9H3,(H,77,89)(H,78,93)(H,79,94)/t47?,50?,51?,52-,53-,54-,55-,56-,61-,62-/m0/s1. The van der Waals surface area contributed by atoms with Gasteiger partial charge in [-0.1, -0.05) is 78.1 Å². The van der Waals surface area contributed by atoms with Crippen molar-refractivity contribution in [2.45, 2.75) is 259 Å². The highest BCUT2D eigenvalue weighted by molar-refractivity contribution is 6.21. The van der Waals surface area contributed by atoms with Gasteiger partial charge in [0, 0.05) is 74.3 Å². The fourth-order valence-corrected chi connectivity index (χ4v) is 17.5. The number of likely N-dealkylation sites (tertiary alicyclic amines) is 1. The van der Waals surface area contributed by atoms with E-state index in [1.54, 1.807) is 4.90 Å². The Kier molecular flexibility index (Phi) is 28.0. The van der Waals surface area contributed by atoms with E-state index in [0.717, 1.165) is 62.7 Å². The number of amides is 12. The normalized spacial score (nSPS) is 30.5. The maximum atomic E-state index is 15.8. The van der Waals surface area contributed by atoms with Crippen molar-refractivity contribution in [3.8, 4) is 0 Å². The van der Waals surface area contributed by atoms with Crippen LogP contribution in [0.2, 0.25) is 0 Å². The number of alkyl halides is 4. The molecule has 3 N–H and O–H groups in total. The second-order valence-electron chi connectivity index (χ2n) is 31.2. The Labute approximate surface area is 594 Å². The number of fused-ring (bicyclic) bond motifs is 1. The Balaban J connectivity index is 1.15. The number of nitrogens with zero attached hydrogens (tertiary/aromatic N) is 9. The Bertz CT molecular complexity index is 2930. The molecule has 0 aromatic carbocycles. The maximum Gasteiger partial charge on any atom is 0.393 e. The van der Waals surface area contributed by atoms with Gasteiger partial charge in [0.1, 0.15) is 47.8 Å². The number of rotatable bonds is 10. The van der Waals surface area contributed by atoms with Crippen LogP contribution in [-0.4, -0.2) is 263 Å². The molecule has 0 aromatic heterocycles. The quantitative estimate of drug-likeness (QED) is 0.218. The van der Waals surface area contributed by atoms with Crippen LogP contribution < -0.4 is 16.0 Å². The first-order valence-corrected chi connectivity index (χ1v) is 37.8. The van der Waals surface area contributed by atoms with Crippen molar-refractivity contribution in [2.24, 2.45) is 35.5 Å². The van der Waals surface area contributed by atoms with Crippen molar-refractivity contribution in [3.63, 3.8) is 0 Å². The Morgan fingerprint density at radius 1 is 0.550 bits per heavy atom. The van der Waals surface area contributed by atoms with Gasteiger partial charge in [0.2, 0.25) is 70.9 Å². The minimum absolute atomic E-state index is 0.00509. The average Bonchev–Trinajstić information content (AvgIpc) is 1.30.